The Hall–Kier alpha value is -1.51. The highest BCUT2D eigenvalue weighted by molar-refractivity contribution is 5.91. The number of carbonyl (C=O) groups is 1. The van der Waals surface area contributed by atoms with Crippen LogP contribution in [-0.2, 0) is 0 Å². The Bertz CT molecular complexity index is 462. The number of para-hydroxylation sites is 1. The van der Waals surface area contributed by atoms with Gasteiger partial charge in [0.15, 0.2) is 0 Å². The molecule has 2 N–H and O–H groups in total. The zero-order valence-corrected chi connectivity index (χ0v) is 12.8. The van der Waals surface area contributed by atoms with E-state index in [4.69, 9.17) is 0 Å². The smallest absolute Gasteiger partial charge is 0.319 e. The molecule has 0 aliphatic heterocycles. The molecule has 0 bridgehead atoms. The fraction of sp³-hybridized carbons (Fsp3) is 0.588. The predicted molar refractivity (Wildman–Crippen MR) is 84.2 cm³/mol. The van der Waals surface area contributed by atoms with Crippen molar-refractivity contribution < 1.29 is 4.79 Å². The number of amides is 2. The minimum absolute atomic E-state index is 0.0758. The Morgan fingerprint density at radius 2 is 2.00 bits per heavy atom. The zero-order chi connectivity index (χ0) is 14.5. The van der Waals surface area contributed by atoms with E-state index in [2.05, 4.69) is 30.5 Å². The summed E-state index contributed by atoms with van der Waals surface area (Å²) in [5.74, 6) is 1.07. The van der Waals surface area contributed by atoms with Gasteiger partial charge in [-0.1, -0.05) is 44.9 Å². The number of nitrogens with one attached hydrogen (secondary N) is 2. The lowest BCUT2D eigenvalue weighted by atomic mass is 9.98. The van der Waals surface area contributed by atoms with E-state index in [-0.39, 0.29) is 6.03 Å². The first-order valence-electron chi connectivity index (χ1n) is 7.72. The summed E-state index contributed by atoms with van der Waals surface area (Å²) in [4.78, 5) is 12.1. The maximum Gasteiger partial charge on any atom is 0.319 e. The average molecular weight is 274 g/mol. The van der Waals surface area contributed by atoms with Gasteiger partial charge in [0.1, 0.15) is 0 Å². The summed E-state index contributed by atoms with van der Waals surface area (Å²) in [6.45, 7) is 7.14. The summed E-state index contributed by atoms with van der Waals surface area (Å²) in [6, 6.07) is 6.10. The highest BCUT2D eigenvalue weighted by Crippen LogP contribution is 2.27. The predicted octanol–water partition coefficient (Wildman–Crippen LogP) is 4.43. The molecule has 1 aliphatic rings. The molecule has 0 atom stereocenters. The molecular weight excluding hydrogens is 248 g/mol. The van der Waals surface area contributed by atoms with E-state index in [9.17, 15) is 4.79 Å². The van der Waals surface area contributed by atoms with Crippen molar-refractivity contribution in [1.29, 1.82) is 0 Å². The maximum atomic E-state index is 12.1. The fourth-order valence-corrected chi connectivity index (χ4v) is 2.95. The first kappa shape index (κ1) is 14.9. The number of carbonyl (C=O) groups excluding carboxylic acids is 1. The second-order valence-corrected chi connectivity index (χ2v) is 6.18. The van der Waals surface area contributed by atoms with Crippen molar-refractivity contribution in [2.24, 2.45) is 5.92 Å². The topological polar surface area (TPSA) is 41.1 Å². The Balaban J connectivity index is 1.96. The van der Waals surface area contributed by atoms with Gasteiger partial charge in [-0.2, -0.15) is 0 Å². The summed E-state index contributed by atoms with van der Waals surface area (Å²) in [5.41, 5.74) is 3.28. The Kier molecular flexibility index (Phi) is 5.05. The number of urea groups is 1. The molecule has 1 aromatic rings. The lowest BCUT2D eigenvalue weighted by Gasteiger charge is -2.17. The van der Waals surface area contributed by atoms with E-state index in [0.717, 1.165) is 17.8 Å². The lowest BCUT2D eigenvalue weighted by Crippen LogP contribution is -2.33. The van der Waals surface area contributed by atoms with Crippen LogP contribution < -0.4 is 10.6 Å². The molecule has 0 saturated heterocycles. The van der Waals surface area contributed by atoms with Crippen molar-refractivity contribution in [3.8, 4) is 0 Å². The third-order valence-corrected chi connectivity index (χ3v) is 4.19. The van der Waals surface area contributed by atoms with Gasteiger partial charge in [-0.05, 0) is 42.7 Å². The first-order valence-corrected chi connectivity index (χ1v) is 7.72. The van der Waals surface area contributed by atoms with Crippen LogP contribution in [0.5, 0.6) is 0 Å². The second kappa shape index (κ2) is 6.78. The van der Waals surface area contributed by atoms with Crippen LogP contribution >= 0.6 is 0 Å². The van der Waals surface area contributed by atoms with Crippen LogP contribution in [-0.4, -0.2) is 12.6 Å². The van der Waals surface area contributed by atoms with Crippen molar-refractivity contribution in [1.82, 2.24) is 5.32 Å². The largest absolute Gasteiger partial charge is 0.338 e. The number of aryl methyl sites for hydroxylation is 1. The van der Waals surface area contributed by atoms with Gasteiger partial charge in [0.05, 0.1) is 0 Å². The molecule has 0 unspecified atom stereocenters. The van der Waals surface area contributed by atoms with E-state index in [1.54, 1.807) is 0 Å². The van der Waals surface area contributed by atoms with Crippen LogP contribution in [0, 0.1) is 12.8 Å². The molecule has 0 spiro atoms. The molecule has 0 radical (unpaired) electrons. The molecule has 3 heteroatoms. The van der Waals surface area contributed by atoms with Crippen LogP contribution in [0.1, 0.15) is 56.6 Å². The Labute approximate surface area is 122 Å². The van der Waals surface area contributed by atoms with Crippen LogP contribution in [0.25, 0.3) is 0 Å². The van der Waals surface area contributed by atoms with Gasteiger partial charge in [0.2, 0.25) is 0 Å². The Morgan fingerprint density at radius 3 is 2.65 bits per heavy atom. The average Bonchev–Trinajstić information content (AvgIpc) is 2.91. The standard InChI is InChI=1S/C17H26N2O/c1-12(2)15-10-6-7-13(3)16(15)19-17(20)18-11-14-8-4-5-9-14/h6-7,10,12,14H,4-5,8-9,11H2,1-3H3,(H2,18,19,20). The highest BCUT2D eigenvalue weighted by atomic mass is 16.2. The van der Waals surface area contributed by atoms with E-state index in [1.165, 1.54) is 31.2 Å². The minimum Gasteiger partial charge on any atom is -0.338 e. The summed E-state index contributed by atoms with van der Waals surface area (Å²) in [5, 5.41) is 6.05. The van der Waals surface area contributed by atoms with Gasteiger partial charge in [-0.3, -0.25) is 0 Å². The van der Waals surface area contributed by atoms with Crippen LogP contribution in [0.15, 0.2) is 18.2 Å². The first-order chi connectivity index (χ1) is 9.58. The lowest BCUT2D eigenvalue weighted by molar-refractivity contribution is 0.250. The van der Waals surface area contributed by atoms with Crippen LogP contribution in [0.4, 0.5) is 10.5 Å². The minimum atomic E-state index is -0.0758. The zero-order valence-electron chi connectivity index (χ0n) is 12.8. The van der Waals surface area contributed by atoms with E-state index >= 15 is 0 Å². The number of benzene rings is 1. The molecule has 2 amide bonds. The van der Waals surface area contributed by atoms with Crippen molar-refractivity contribution in [2.45, 2.75) is 52.4 Å². The molecule has 3 nitrogen and oxygen atoms in total. The van der Waals surface area contributed by atoms with Crippen molar-refractivity contribution >= 4 is 11.7 Å². The second-order valence-electron chi connectivity index (χ2n) is 6.18. The molecule has 1 fully saturated rings. The molecular formula is C17H26N2O. The van der Waals surface area contributed by atoms with E-state index < -0.39 is 0 Å². The molecule has 1 aliphatic carbocycles. The van der Waals surface area contributed by atoms with Crippen molar-refractivity contribution in [3.63, 3.8) is 0 Å². The third kappa shape index (κ3) is 3.75. The highest BCUT2D eigenvalue weighted by Gasteiger charge is 2.16. The van der Waals surface area contributed by atoms with Crippen LogP contribution in [0.3, 0.4) is 0 Å². The molecule has 20 heavy (non-hydrogen) atoms. The summed E-state index contributed by atoms with van der Waals surface area (Å²) < 4.78 is 0. The molecule has 1 saturated carbocycles. The van der Waals surface area contributed by atoms with Crippen LogP contribution in [0.2, 0.25) is 0 Å². The molecule has 2 rings (SSSR count). The summed E-state index contributed by atoms with van der Waals surface area (Å²) in [6.07, 6.45) is 5.12. The molecule has 110 valence electrons. The van der Waals surface area contributed by atoms with Gasteiger partial charge in [0, 0.05) is 12.2 Å². The third-order valence-electron chi connectivity index (χ3n) is 4.19. The maximum absolute atomic E-state index is 12.1. The normalized spacial score (nSPS) is 15.6. The van der Waals surface area contributed by atoms with Gasteiger partial charge in [-0.15, -0.1) is 0 Å². The number of anilines is 1. The van der Waals surface area contributed by atoms with Gasteiger partial charge < -0.3 is 10.6 Å². The van der Waals surface area contributed by atoms with Gasteiger partial charge in [-0.25, -0.2) is 4.79 Å². The number of hydrogen-bond acceptors (Lipinski definition) is 1. The van der Waals surface area contributed by atoms with Crippen molar-refractivity contribution in [3.05, 3.63) is 29.3 Å². The molecule has 1 aromatic carbocycles. The van der Waals surface area contributed by atoms with Gasteiger partial charge in [0.25, 0.3) is 0 Å². The van der Waals surface area contributed by atoms with Gasteiger partial charge >= 0.3 is 6.03 Å². The fourth-order valence-electron chi connectivity index (χ4n) is 2.95. The SMILES string of the molecule is Cc1cccc(C(C)C)c1NC(=O)NCC1CCCC1. The number of hydrogen-bond donors (Lipinski definition) is 2. The quantitative estimate of drug-likeness (QED) is 0.838. The van der Waals surface area contributed by atoms with Crippen molar-refractivity contribution in [2.75, 3.05) is 11.9 Å². The molecule has 0 aromatic heterocycles. The number of rotatable bonds is 4. The summed E-state index contributed by atoms with van der Waals surface area (Å²) in [7, 11) is 0. The summed E-state index contributed by atoms with van der Waals surface area (Å²) >= 11 is 0. The van der Waals surface area contributed by atoms with E-state index in [1.807, 2.05) is 19.1 Å². The molecule has 0 heterocycles. The monoisotopic (exact) mass is 274 g/mol. The Morgan fingerprint density at radius 1 is 1.30 bits per heavy atom. The van der Waals surface area contributed by atoms with E-state index in [0.29, 0.717) is 11.8 Å².